The van der Waals surface area contributed by atoms with Crippen molar-refractivity contribution in [3.63, 3.8) is 0 Å². The van der Waals surface area contributed by atoms with Crippen molar-refractivity contribution in [3.05, 3.63) is 53.9 Å². The number of hydrogen-bond donors (Lipinski definition) is 1. The standard InChI is InChI=1S/C16H19NO3/c1-19-16-11-17-14(12-18)10-15(16)20-9-5-8-13-6-3-2-4-7-13/h2-4,6-7,10-11,18H,5,8-9,12H2,1H3. The number of aliphatic hydroxyl groups is 1. The highest BCUT2D eigenvalue weighted by Gasteiger charge is 2.06. The molecule has 0 amide bonds. The molecular formula is C16H19NO3. The zero-order valence-corrected chi connectivity index (χ0v) is 11.6. The molecule has 0 atom stereocenters. The van der Waals surface area contributed by atoms with Gasteiger partial charge < -0.3 is 14.6 Å². The number of pyridine rings is 1. The van der Waals surface area contributed by atoms with Gasteiger partial charge in [0.25, 0.3) is 0 Å². The summed E-state index contributed by atoms with van der Waals surface area (Å²) in [6, 6.07) is 12.0. The summed E-state index contributed by atoms with van der Waals surface area (Å²) in [5.74, 6) is 1.21. The molecule has 1 heterocycles. The molecule has 0 aliphatic heterocycles. The minimum Gasteiger partial charge on any atom is -0.491 e. The molecule has 0 radical (unpaired) electrons. The van der Waals surface area contributed by atoms with Crippen molar-refractivity contribution in [1.29, 1.82) is 0 Å². The number of nitrogens with zero attached hydrogens (tertiary/aromatic N) is 1. The number of hydrogen-bond acceptors (Lipinski definition) is 4. The Labute approximate surface area is 119 Å². The minimum atomic E-state index is -0.107. The van der Waals surface area contributed by atoms with Gasteiger partial charge in [-0.2, -0.15) is 0 Å². The largest absolute Gasteiger partial charge is 0.491 e. The highest BCUT2D eigenvalue weighted by Crippen LogP contribution is 2.26. The van der Waals surface area contributed by atoms with E-state index in [0.717, 1.165) is 12.8 Å². The van der Waals surface area contributed by atoms with Gasteiger partial charge in [0.2, 0.25) is 0 Å². The molecule has 2 rings (SSSR count). The molecule has 1 aromatic heterocycles. The maximum atomic E-state index is 9.09. The lowest BCUT2D eigenvalue weighted by Crippen LogP contribution is -2.02. The fraction of sp³-hybridized carbons (Fsp3) is 0.312. The Hall–Kier alpha value is -2.07. The maximum Gasteiger partial charge on any atom is 0.179 e. The van der Waals surface area contributed by atoms with Gasteiger partial charge in [0.1, 0.15) is 0 Å². The Kier molecular flexibility index (Phi) is 5.38. The molecule has 0 bridgehead atoms. The van der Waals surface area contributed by atoms with E-state index in [1.165, 1.54) is 5.56 Å². The second-order valence-electron chi connectivity index (χ2n) is 4.42. The average molecular weight is 273 g/mol. The minimum absolute atomic E-state index is 0.107. The predicted octanol–water partition coefficient (Wildman–Crippen LogP) is 2.59. The van der Waals surface area contributed by atoms with Crippen LogP contribution < -0.4 is 9.47 Å². The first kappa shape index (κ1) is 14.3. The lowest BCUT2D eigenvalue weighted by Gasteiger charge is -2.11. The lowest BCUT2D eigenvalue weighted by molar-refractivity contribution is 0.268. The summed E-state index contributed by atoms with van der Waals surface area (Å²) in [4.78, 5) is 4.05. The van der Waals surface area contributed by atoms with Crippen molar-refractivity contribution in [1.82, 2.24) is 4.98 Å². The first-order chi connectivity index (χ1) is 9.83. The molecule has 0 aliphatic rings. The third-order valence-corrected chi connectivity index (χ3v) is 2.98. The molecule has 2 aromatic rings. The van der Waals surface area contributed by atoms with Gasteiger partial charge in [0.05, 0.1) is 32.2 Å². The van der Waals surface area contributed by atoms with E-state index in [-0.39, 0.29) is 6.61 Å². The summed E-state index contributed by atoms with van der Waals surface area (Å²) in [6.45, 7) is 0.491. The van der Waals surface area contributed by atoms with Gasteiger partial charge in [0, 0.05) is 6.07 Å². The molecule has 0 fully saturated rings. The van der Waals surface area contributed by atoms with Crippen LogP contribution >= 0.6 is 0 Å². The molecule has 0 saturated heterocycles. The van der Waals surface area contributed by atoms with Crippen LogP contribution in [0.2, 0.25) is 0 Å². The number of ether oxygens (including phenoxy) is 2. The van der Waals surface area contributed by atoms with Crippen molar-refractivity contribution >= 4 is 0 Å². The molecule has 4 heteroatoms. The Bertz CT molecular complexity index is 529. The summed E-state index contributed by atoms with van der Waals surface area (Å²) < 4.78 is 10.9. The van der Waals surface area contributed by atoms with Crippen LogP contribution in [-0.4, -0.2) is 23.8 Å². The molecule has 4 nitrogen and oxygen atoms in total. The second kappa shape index (κ2) is 7.50. The maximum absolute atomic E-state index is 9.09. The predicted molar refractivity (Wildman–Crippen MR) is 77.0 cm³/mol. The highest BCUT2D eigenvalue weighted by molar-refractivity contribution is 5.38. The van der Waals surface area contributed by atoms with Crippen LogP contribution in [0.25, 0.3) is 0 Å². The topological polar surface area (TPSA) is 51.6 Å². The number of methoxy groups -OCH3 is 1. The van der Waals surface area contributed by atoms with E-state index in [4.69, 9.17) is 14.6 Å². The summed E-state index contributed by atoms with van der Waals surface area (Å²) in [5.41, 5.74) is 1.87. The quantitative estimate of drug-likeness (QED) is 0.788. The third-order valence-electron chi connectivity index (χ3n) is 2.98. The number of aromatic nitrogens is 1. The Balaban J connectivity index is 1.87. The van der Waals surface area contributed by atoms with Crippen LogP contribution in [0.15, 0.2) is 42.6 Å². The average Bonchev–Trinajstić information content (AvgIpc) is 2.52. The lowest BCUT2D eigenvalue weighted by atomic mass is 10.1. The number of benzene rings is 1. The molecule has 0 spiro atoms. The molecule has 0 aliphatic carbocycles. The normalized spacial score (nSPS) is 10.3. The molecule has 0 saturated carbocycles. The highest BCUT2D eigenvalue weighted by atomic mass is 16.5. The zero-order chi connectivity index (χ0) is 14.2. The van der Waals surface area contributed by atoms with Gasteiger partial charge in [-0.05, 0) is 18.4 Å². The van der Waals surface area contributed by atoms with Crippen LogP contribution in [0.3, 0.4) is 0 Å². The van der Waals surface area contributed by atoms with E-state index in [1.807, 2.05) is 18.2 Å². The molecular weight excluding hydrogens is 254 g/mol. The van der Waals surface area contributed by atoms with Gasteiger partial charge in [-0.1, -0.05) is 30.3 Å². The molecule has 20 heavy (non-hydrogen) atoms. The van der Waals surface area contributed by atoms with Gasteiger partial charge in [-0.15, -0.1) is 0 Å². The van der Waals surface area contributed by atoms with Gasteiger partial charge in [0.15, 0.2) is 11.5 Å². The van der Waals surface area contributed by atoms with Crippen LogP contribution in [-0.2, 0) is 13.0 Å². The van der Waals surface area contributed by atoms with Crippen molar-refractivity contribution in [2.45, 2.75) is 19.4 Å². The number of aliphatic hydroxyl groups excluding tert-OH is 1. The summed E-state index contributed by atoms with van der Waals surface area (Å²) in [7, 11) is 1.58. The van der Waals surface area contributed by atoms with E-state index in [0.29, 0.717) is 23.8 Å². The fourth-order valence-electron chi connectivity index (χ4n) is 1.92. The third kappa shape index (κ3) is 3.96. The zero-order valence-electron chi connectivity index (χ0n) is 11.6. The van der Waals surface area contributed by atoms with Crippen molar-refractivity contribution in [2.75, 3.05) is 13.7 Å². The first-order valence-electron chi connectivity index (χ1n) is 6.64. The summed E-state index contributed by atoms with van der Waals surface area (Å²) in [6.07, 6.45) is 3.46. The first-order valence-corrected chi connectivity index (χ1v) is 6.64. The molecule has 1 N–H and O–H groups in total. The van der Waals surface area contributed by atoms with Crippen molar-refractivity contribution in [3.8, 4) is 11.5 Å². The van der Waals surface area contributed by atoms with E-state index < -0.39 is 0 Å². The van der Waals surface area contributed by atoms with Crippen molar-refractivity contribution < 1.29 is 14.6 Å². The second-order valence-corrected chi connectivity index (χ2v) is 4.42. The Morgan fingerprint density at radius 3 is 2.65 bits per heavy atom. The molecule has 106 valence electrons. The van der Waals surface area contributed by atoms with Crippen LogP contribution in [0.1, 0.15) is 17.7 Å². The van der Waals surface area contributed by atoms with Crippen LogP contribution in [0.4, 0.5) is 0 Å². The summed E-state index contributed by atoms with van der Waals surface area (Å²) in [5, 5.41) is 9.09. The fourth-order valence-corrected chi connectivity index (χ4v) is 1.92. The Morgan fingerprint density at radius 2 is 1.95 bits per heavy atom. The van der Waals surface area contributed by atoms with Gasteiger partial charge >= 0.3 is 0 Å². The van der Waals surface area contributed by atoms with Gasteiger partial charge in [-0.25, -0.2) is 0 Å². The molecule has 1 aromatic carbocycles. The smallest absolute Gasteiger partial charge is 0.179 e. The monoisotopic (exact) mass is 273 g/mol. The molecule has 0 unspecified atom stereocenters. The van der Waals surface area contributed by atoms with Crippen molar-refractivity contribution in [2.24, 2.45) is 0 Å². The SMILES string of the molecule is COc1cnc(CO)cc1OCCCc1ccccc1. The number of rotatable bonds is 7. The Morgan fingerprint density at radius 1 is 1.15 bits per heavy atom. The van der Waals surface area contributed by atoms with Crippen LogP contribution in [0.5, 0.6) is 11.5 Å². The summed E-state index contributed by atoms with van der Waals surface area (Å²) >= 11 is 0. The number of aryl methyl sites for hydroxylation is 1. The van der Waals surface area contributed by atoms with E-state index >= 15 is 0 Å². The van der Waals surface area contributed by atoms with Crippen LogP contribution in [0, 0.1) is 0 Å². The van der Waals surface area contributed by atoms with E-state index in [1.54, 1.807) is 19.4 Å². The van der Waals surface area contributed by atoms with Gasteiger partial charge in [-0.3, -0.25) is 4.98 Å². The van der Waals surface area contributed by atoms with E-state index in [9.17, 15) is 0 Å². The van der Waals surface area contributed by atoms with E-state index in [2.05, 4.69) is 17.1 Å².